The van der Waals surface area contributed by atoms with E-state index in [1.54, 1.807) is 0 Å². The third-order valence-corrected chi connectivity index (χ3v) is 3.94. The normalized spacial score (nSPS) is 26.8. The summed E-state index contributed by atoms with van der Waals surface area (Å²) in [6, 6.07) is 1.08. The van der Waals surface area contributed by atoms with Gasteiger partial charge in [-0.3, -0.25) is 4.90 Å². The van der Waals surface area contributed by atoms with Crippen LogP contribution in [0.3, 0.4) is 0 Å². The number of thioether (sulfide) groups is 1. The van der Waals surface area contributed by atoms with Gasteiger partial charge < -0.3 is 5.73 Å². The maximum atomic E-state index is 6.12. The van der Waals surface area contributed by atoms with Gasteiger partial charge in [0, 0.05) is 36.7 Å². The molecule has 0 bridgehead atoms. The summed E-state index contributed by atoms with van der Waals surface area (Å²) < 4.78 is 0. The molecule has 1 fully saturated rings. The fraction of sp³-hybridized carbons (Fsp3) is 1.00. The van der Waals surface area contributed by atoms with Crippen molar-refractivity contribution < 1.29 is 0 Å². The Morgan fingerprint density at radius 3 is 2.79 bits per heavy atom. The van der Waals surface area contributed by atoms with E-state index in [-0.39, 0.29) is 0 Å². The first kappa shape index (κ1) is 12.3. The molecule has 0 saturated carbocycles. The minimum Gasteiger partial charge on any atom is -0.327 e. The monoisotopic (exact) mass is 216 g/mol. The number of nitrogens with two attached hydrogens (primary N) is 1. The van der Waals surface area contributed by atoms with Crippen molar-refractivity contribution in [1.82, 2.24) is 4.90 Å². The van der Waals surface area contributed by atoms with E-state index in [0.717, 1.165) is 18.9 Å². The van der Waals surface area contributed by atoms with Crippen molar-refractivity contribution in [2.24, 2.45) is 11.7 Å². The summed E-state index contributed by atoms with van der Waals surface area (Å²) in [5, 5.41) is 0. The molecule has 2 atom stereocenters. The Morgan fingerprint density at radius 2 is 2.21 bits per heavy atom. The molecule has 1 heterocycles. The molecule has 0 spiro atoms. The number of hydrogen-bond acceptors (Lipinski definition) is 3. The zero-order valence-corrected chi connectivity index (χ0v) is 10.5. The molecule has 0 aliphatic carbocycles. The molecule has 0 radical (unpaired) electrons. The molecular weight excluding hydrogens is 192 g/mol. The second-order valence-electron chi connectivity index (χ2n) is 4.81. The highest BCUT2D eigenvalue weighted by atomic mass is 32.2. The highest BCUT2D eigenvalue weighted by Crippen LogP contribution is 2.16. The van der Waals surface area contributed by atoms with Gasteiger partial charge in [0.25, 0.3) is 0 Å². The molecule has 2 unspecified atom stereocenters. The molecule has 0 aromatic carbocycles. The zero-order valence-electron chi connectivity index (χ0n) is 9.70. The van der Waals surface area contributed by atoms with E-state index in [2.05, 4.69) is 37.4 Å². The molecule has 1 rings (SSSR count). The van der Waals surface area contributed by atoms with Crippen LogP contribution in [0.5, 0.6) is 0 Å². The largest absolute Gasteiger partial charge is 0.327 e. The van der Waals surface area contributed by atoms with E-state index in [9.17, 15) is 0 Å². The molecule has 1 aliphatic rings. The third kappa shape index (κ3) is 4.20. The summed E-state index contributed by atoms with van der Waals surface area (Å²) >= 11 is 2.07. The summed E-state index contributed by atoms with van der Waals surface area (Å²) in [6.45, 7) is 9.11. The zero-order chi connectivity index (χ0) is 10.6. The molecule has 0 amide bonds. The molecule has 84 valence electrons. The molecule has 14 heavy (non-hydrogen) atoms. The van der Waals surface area contributed by atoms with Crippen LogP contribution in [0.2, 0.25) is 0 Å². The van der Waals surface area contributed by atoms with Gasteiger partial charge in [-0.1, -0.05) is 13.8 Å². The highest BCUT2D eigenvalue weighted by Gasteiger charge is 2.20. The Hall–Kier alpha value is 0.270. The molecule has 2 N–H and O–H groups in total. The van der Waals surface area contributed by atoms with Crippen molar-refractivity contribution in [2.45, 2.75) is 39.3 Å². The third-order valence-electron chi connectivity index (χ3n) is 2.75. The summed E-state index contributed by atoms with van der Waals surface area (Å²) in [5.41, 5.74) is 6.12. The summed E-state index contributed by atoms with van der Waals surface area (Å²) in [4.78, 5) is 2.55. The Kier molecular flexibility index (Phi) is 5.28. The molecule has 1 aliphatic heterocycles. The van der Waals surface area contributed by atoms with Crippen LogP contribution >= 0.6 is 11.8 Å². The van der Waals surface area contributed by atoms with Crippen molar-refractivity contribution >= 4 is 11.8 Å². The van der Waals surface area contributed by atoms with Gasteiger partial charge in [-0.25, -0.2) is 0 Å². The van der Waals surface area contributed by atoms with Crippen LogP contribution in [0, 0.1) is 5.92 Å². The lowest BCUT2D eigenvalue weighted by molar-refractivity contribution is 0.210. The van der Waals surface area contributed by atoms with Crippen LogP contribution < -0.4 is 5.73 Å². The van der Waals surface area contributed by atoms with Gasteiger partial charge in [-0.2, -0.15) is 11.8 Å². The summed E-state index contributed by atoms with van der Waals surface area (Å²) in [7, 11) is 0. The molecule has 0 aromatic rings. The summed E-state index contributed by atoms with van der Waals surface area (Å²) in [5.74, 6) is 3.27. The predicted molar refractivity (Wildman–Crippen MR) is 65.8 cm³/mol. The quantitative estimate of drug-likeness (QED) is 0.777. The predicted octanol–water partition coefficient (Wildman–Crippen LogP) is 1.80. The average Bonchev–Trinajstić information content (AvgIpc) is 2.07. The van der Waals surface area contributed by atoms with Crippen molar-refractivity contribution in [3.63, 3.8) is 0 Å². The van der Waals surface area contributed by atoms with Crippen LogP contribution in [0.1, 0.15) is 27.2 Å². The highest BCUT2D eigenvalue weighted by molar-refractivity contribution is 7.99. The first-order chi connectivity index (χ1) is 6.59. The Balaban J connectivity index is 2.27. The lowest BCUT2D eigenvalue weighted by Gasteiger charge is -2.35. The second-order valence-corrected chi connectivity index (χ2v) is 5.96. The van der Waals surface area contributed by atoms with Gasteiger partial charge in [-0.05, 0) is 19.3 Å². The smallest absolute Gasteiger partial charge is 0.0170 e. The molecule has 2 nitrogen and oxygen atoms in total. The Morgan fingerprint density at radius 1 is 1.50 bits per heavy atom. The van der Waals surface area contributed by atoms with Gasteiger partial charge >= 0.3 is 0 Å². The van der Waals surface area contributed by atoms with Gasteiger partial charge in [0.05, 0.1) is 0 Å². The molecular formula is C11H24N2S. The van der Waals surface area contributed by atoms with E-state index in [4.69, 9.17) is 5.73 Å². The minimum atomic E-state index is 0.362. The number of nitrogens with zero attached hydrogens (tertiary/aromatic N) is 1. The fourth-order valence-electron chi connectivity index (χ4n) is 2.01. The Labute approximate surface area is 92.6 Å². The van der Waals surface area contributed by atoms with Crippen molar-refractivity contribution in [2.75, 3.05) is 24.6 Å². The molecule has 1 saturated heterocycles. The van der Waals surface area contributed by atoms with Crippen LogP contribution in [0.25, 0.3) is 0 Å². The SMILES string of the molecule is CC(C)CC(N)CN1CCSCC1C. The van der Waals surface area contributed by atoms with Gasteiger partial charge in [-0.15, -0.1) is 0 Å². The van der Waals surface area contributed by atoms with E-state index in [0.29, 0.717) is 12.1 Å². The summed E-state index contributed by atoms with van der Waals surface area (Å²) in [6.07, 6.45) is 1.15. The molecule has 0 aromatic heterocycles. The minimum absolute atomic E-state index is 0.362. The van der Waals surface area contributed by atoms with Crippen molar-refractivity contribution in [1.29, 1.82) is 0 Å². The second kappa shape index (κ2) is 5.99. The average molecular weight is 216 g/mol. The maximum absolute atomic E-state index is 6.12. The van der Waals surface area contributed by atoms with E-state index >= 15 is 0 Å². The van der Waals surface area contributed by atoms with Gasteiger partial charge in [0.2, 0.25) is 0 Å². The number of rotatable bonds is 4. The topological polar surface area (TPSA) is 29.3 Å². The maximum Gasteiger partial charge on any atom is 0.0170 e. The van der Waals surface area contributed by atoms with E-state index in [1.807, 2.05) is 0 Å². The standard InChI is InChI=1S/C11H24N2S/c1-9(2)6-11(12)7-13-4-5-14-8-10(13)3/h9-11H,4-8,12H2,1-3H3. The van der Waals surface area contributed by atoms with Gasteiger partial charge in [0.15, 0.2) is 0 Å². The Bertz CT molecular complexity index is 161. The van der Waals surface area contributed by atoms with Crippen molar-refractivity contribution in [3.8, 4) is 0 Å². The first-order valence-corrected chi connectivity index (χ1v) is 6.82. The van der Waals surface area contributed by atoms with E-state index in [1.165, 1.54) is 18.1 Å². The molecule has 3 heteroatoms. The number of hydrogen-bond donors (Lipinski definition) is 1. The van der Waals surface area contributed by atoms with Crippen molar-refractivity contribution in [3.05, 3.63) is 0 Å². The van der Waals surface area contributed by atoms with Crippen LogP contribution in [-0.2, 0) is 0 Å². The van der Waals surface area contributed by atoms with Gasteiger partial charge in [0.1, 0.15) is 0 Å². The van der Waals surface area contributed by atoms with E-state index < -0.39 is 0 Å². The van der Waals surface area contributed by atoms with Crippen LogP contribution in [0.15, 0.2) is 0 Å². The first-order valence-electron chi connectivity index (χ1n) is 5.67. The van der Waals surface area contributed by atoms with Crippen LogP contribution in [-0.4, -0.2) is 41.6 Å². The van der Waals surface area contributed by atoms with Crippen LogP contribution in [0.4, 0.5) is 0 Å². The lowest BCUT2D eigenvalue weighted by Crippen LogP contribution is -2.47. The fourth-order valence-corrected chi connectivity index (χ4v) is 3.10. The lowest BCUT2D eigenvalue weighted by atomic mass is 10.0.